The first-order chi connectivity index (χ1) is 8.33. The van der Waals surface area contributed by atoms with E-state index in [1.54, 1.807) is 25.9 Å². The fourth-order valence-corrected chi connectivity index (χ4v) is 1.80. The van der Waals surface area contributed by atoms with Gasteiger partial charge in [-0.05, 0) is 29.2 Å². The van der Waals surface area contributed by atoms with Crippen molar-refractivity contribution in [1.29, 1.82) is 0 Å². The summed E-state index contributed by atoms with van der Waals surface area (Å²) in [6.45, 7) is 0.612. The zero-order chi connectivity index (χ0) is 11.7. The van der Waals surface area contributed by atoms with E-state index in [2.05, 4.69) is 10.3 Å². The third-order valence-electron chi connectivity index (χ3n) is 2.71. The highest BCUT2D eigenvalue weighted by Gasteiger charge is 2.14. The molecular formula is C12H10BN2O2. The first-order valence-corrected chi connectivity index (χ1v) is 5.35. The Bertz CT molecular complexity index is 552. The molecule has 0 bridgehead atoms. The van der Waals surface area contributed by atoms with Crippen LogP contribution in [0.5, 0.6) is 0 Å². The third-order valence-corrected chi connectivity index (χ3v) is 2.71. The topological polar surface area (TPSA) is 54.1 Å². The number of nitrogens with one attached hydrogen (secondary N) is 2. The van der Waals surface area contributed by atoms with E-state index in [1.165, 1.54) is 0 Å². The van der Waals surface area contributed by atoms with Crippen LogP contribution in [0.1, 0.15) is 15.9 Å². The van der Waals surface area contributed by atoms with Crippen LogP contribution in [0.4, 0.5) is 5.69 Å². The molecule has 0 aliphatic carbocycles. The number of aromatic nitrogens is 1. The minimum atomic E-state index is -0.120. The van der Waals surface area contributed by atoms with Gasteiger partial charge in [0.15, 0.2) is 0 Å². The molecule has 3 rings (SSSR count). The zero-order valence-electron chi connectivity index (χ0n) is 9.07. The number of benzene rings is 1. The largest absolute Gasteiger partial charge is 0.430 e. The smallest absolute Gasteiger partial charge is 0.330 e. The molecule has 17 heavy (non-hydrogen) atoms. The fourth-order valence-electron chi connectivity index (χ4n) is 1.80. The highest BCUT2D eigenvalue weighted by Crippen LogP contribution is 2.13. The molecule has 1 aliphatic heterocycles. The molecule has 1 aromatic heterocycles. The number of hydrogen-bond donors (Lipinski definition) is 2. The monoisotopic (exact) mass is 225 g/mol. The molecule has 0 spiro atoms. The number of fused-ring (bicyclic) bond motifs is 1. The van der Waals surface area contributed by atoms with Gasteiger partial charge in [0.25, 0.3) is 5.91 Å². The van der Waals surface area contributed by atoms with Gasteiger partial charge in [-0.3, -0.25) is 4.79 Å². The van der Waals surface area contributed by atoms with Crippen LogP contribution in [0.15, 0.2) is 36.7 Å². The summed E-state index contributed by atoms with van der Waals surface area (Å²) in [7, 11) is 1.71. The van der Waals surface area contributed by atoms with Crippen LogP contribution in [0, 0.1) is 0 Å². The van der Waals surface area contributed by atoms with Crippen LogP contribution in [0.25, 0.3) is 0 Å². The molecule has 2 aromatic rings. The molecule has 0 atom stereocenters. The molecule has 2 heterocycles. The molecule has 0 fully saturated rings. The summed E-state index contributed by atoms with van der Waals surface area (Å²) in [6, 6.07) is 7.49. The molecule has 1 radical (unpaired) electrons. The molecule has 2 N–H and O–H groups in total. The molecule has 1 amide bonds. The Labute approximate surface area is 99.3 Å². The third kappa shape index (κ3) is 1.97. The first kappa shape index (κ1) is 10.2. The Kier molecular flexibility index (Phi) is 2.46. The van der Waals surface area contributed by atoms with E-state index in [1.807, 2.05) is 18.2 Å². The van der Waals surface area contributed by atoms with Crippen molar-refractivity contribution in [1.82, 2.24) is 4.98 Å². The van der Waals surface area contributed by atoms with Gasteiger partial charge in [0.05, 0.1) is 12.2 Å². The lowest BCUT2D eigenvalue weighted by molar-refractivity contribution is 0.102. The van der Waals surface area contributed by atoms with Crippen molar-refractivity contribution in [3.05, 3.63) is 47.8 Å². The number of H-pyrrole nitrogens is 1. The van der Waals surface area contributed by atoms with E-state index in [9.17, 15) is 4.79 Å². The van der Waals surface area contributed by atoms with Gasteiger partial charge in [-0.2, -0.15) is 0 Å². The number of anilines is 1. The van der Waals surface area contributed by atoms with Gasteiger partial charge in [-0.15, -0.1) is 0 Å². The first-order valence-electron chi connectivity index (χ1n) is 5.35. The maximum atomic E-state index is 11.8. The second kappa shape index (κ2) is 4.10. The van der Waals surface area contributed by atoms with E-state index >= 15 is 0 Å². The predicted octanol–water partition coefficient (Wildman–Crippen LogP) is 1.04. The minimum absolute atomic E-state index is 0.120. The van der Waals surface area contributed by atoms with Crippen molar-refractivity contribution in [2.45, 2.75) is 6.61 Å². The number of hydrogen-bond acceptors (Lipinski definition) is 2. The van der Waals surface area contributed by atoms with Gasteiger partial charge in [-0.1, -0.05) is 6.07 Å². The lowest BCUT2D eigenvalue weighted by Gasteiger charge is -2.05. The Hall–Kier alpha value is -2.01. The molecule has 0 saturated carbocycles. The average Bonchev–Trinajstić information content (AvgIpc) is 2.99. The van der Waals surface area contributed by atoms with Gasteiger partial charge in [-0.25, -0.2) is 0 Å². The standard InChI is InChI=1S/C12H10BN2O2/c16-12(8-3-4-14-6-8)15-10-2-1-9-7-17-13-11(9)5-10/h1-6,14H,7H2,(H,15,16). The van der Waals surface area contributed by atoms with Gasteiger partial charge in [0.1, 0.15) is 0 Å². The second-order valence-corrected chi connectivity index (χ2v) is 3.90. The highest BCUT2D eigenvalue weighted by molar-refractivity contribution is 6.49. The minimum Gasteiger partial charge on any atom is -0.430 e. The quantitative estimate of drug-likeness (QED) is 0.750. The van der Waals surface area contributed by atoms with Crippen LogP contribution in [-0.2, 0) is 11.3 Å². The number of carbonyl (C=O) groups is 1. The summed E-state index contributed by atoms with van der Waals surface area (Å²) in [5.74, 6) is -0.120. The summed E-state index contributed by atoms with van der Waals surface area (Å²) in [4.78, 5) is 14.7. The maximum Gasteiger partial charge on any atom is 0.330 e. The van der Waals surface area contributed by atoms with E-state index in [-0.39, 0.29) is 5.91 Å². The van der Waals surface area contributed by atoms with Gasteiger partial charge >= 0.3 is 7.48 Å². The van der Waals surface area contributed by atoms with E-state index in [0.717, 1.165) is 16.7 Å². The van der Waals surface area contributed by atoms with Crippen LogP contribution >= 0.6 is 0 Å². The van der Waals surface area contributed by atoms with Crippen LogP contribution in [0.2, 0.25) is 0 Å². The summed E-state index contributed by atoms with van der Waals surface area (Å²) in [5.41, 5.74) is 3.56. The second-order valence-electron chi connectivity index (χ2n) is 3.90. The van der Waals surface area contributed by atoms with E-state index < -0.39 is 0 Å². The summed E-state index contributed by atoms with van der Waals surface area (Å²) in [5, 5.41) is 2.84. The van der Waals surface area contributed by atoms with Gasteiger partial charge in [0, 0.05) is 18.1 Å². The summed E-state index contributed by atoms with van der Waals surface area (Å²) < 4.78 is 5.20. The van der Waals surface area contributed by atoms with Crippen LogP contribution < -0.4 is 10.8 Å². The average molecular weight is 225 g/mol. The zero-order valence-corrected chi connectivity index (χ0v) is 9.07. The molecular weight excluding hydrogens is 215 g/mol. The highest BCUT2D eigenvalue weighted by atomic mass is 16.4. The Morgan fingerprint density at radius 2 is 2.35 bits per heavy atom. The van der Waals surface area contributed by atoms with Gasteiger partial charge < -0.3 is 15.0 Å². The SMILES string of the molecule is O=C(Nc1ccc2c(c1)[B]OC2)c1cc[nH]c1. The van der Waals surface area contributed by atoms with E-state index in [4.69, 9.17) is 4.65 Å². The van der Waals surface area contributed by atoms with E-state index in [0.29, 0.717) is 12.2 Å². The van der Waals surface area contributed by atoms with Crippen molar-refractivity contribution in [2.24, 2.45) is 0 Å². The van der Waals surface area contributed by atoms with Crippen molar-refractivity contribution in [3.8, 4) is 0 Å². The molecule has 4 nitrogen and oxygen atoms in total. The number of carbonyl (C=O) groups excluding carboxylic acids is 1. The van der Waals surface area contributed by atoms with Crippen LogP contribution in [0.3, 0.4) is 0 Å². The molecule has 5 heteroatoms. The predicted molar refractivity (Wildman–Crippen MR) is 65.4 cm³/mol. The summed E-state index contributed by atoms with van der Waals surface area (Å²) >= 11 is 0. The van der Waals surface area contributed by atoms with Crippen molar-refractivity contribution < 1.29 is 9.45 Å². The normalized spacial score (nSPS) is 12.9. The lowest BCUT2D eigenvalue weighted by atomic mass is 9.87. The number of rotatable bonds is 2. The van der Waals surface area contributed by atoms with Crippen molar-refractivity contribution in [2.75, 3.05) is 5.32 Å². The lowest BCUT2D eigenvalue weighted by Crippen LogP contribution is -2.16. The number of amides is 1. The molecule has 83 valence electrons. The molecule has 1 aliphatic rings. The maximum absolute atomic E-state index is 11.8. The number of aromatic amines is 1. The Morgan fingerprint density at radius 3 is 3.18 bits per heavy atom. The van der Waals surface area contributed by atoms with Crippen molar-refractivity contribution >= 4 is 24.5 Å². The van der Waals surface area contributed by atoms with Gasteiger partial charge in [0.2, 0.25) is 0 Å². The fraction of sp³-hybridized carbons (Fsp3) is 0.0833. The molecule has 0 unspecified atom stereocenters. The van der Waals surface area contributed by atoms with Crippen LogP contribution in [-0.4, -0.2) is 18.4 Å². The molecule has 1 aromatic carbocycles. The summed E-state index contributed by atoms with van der Waals surface area (Å²) in [6.07, 6.45) is 3.39. The Balaban J connectivity index is 1.80. The Morgan fingerprint density at radius 1 is 1.41 bits per heavy atom. The van der Waals surface area contributed by atoms with Crippen molar-refractivity contribution in [3.63, 3.8) is 0 Å². The molecule has 0 saturated heterocycles.